The van der Waals surface area contributed by atoms with Crippen molar-refractivity contribution in [1.82, 2.24) is 4.98 Å². The molecule has 26 heavy (non-hydrogen) atoms. The third-order valence-electron chi connectivity index (χ3n) is 4.83. The average Bonchev–Trinajstić information content (AvgIpc) is 3.02. The van der Waals surface area contributed by atoms with Gasteiger partial charge in [-0.3, -0.25) is 0 Å². The molecule has 4 rings (SSSR count). The second-order valence-electron chi connectivity index (χ2n) is 7.22. The van der Waals surface area contributed by atoms with E-state index in [4.69, 9.17) is 4.74 Å². The molecule has 3 nitrogen and oxygen atoms in total. The summed E-state index contributed by atoms with van der Waals surface area (Å²) in [7, 11) is 0. The van der Waals surface area contributed by atoms with E-state index in [1.165, 1.54) is 16.3 Å². The average molecular weight is 345 g/mol. The van der Waals surface area contributed by atoms with Crippen molar-refractivity contribution in [2.24, 2.45) is 5.92 Å². The first-order valence-corrected chi connectivity index (χ1v) is 9.32. The van der Waals surface area contributed by atoms with E-state index >= 15 is 0 Å². The molecule has 3 heteroatoms. The Morgan fingerprint density at radius 3 is 2.54 bits per heavy atom. The van der Waals surface area contributed by atoms with E-state index in [9.17, 15) is 0 Å². The maximum absolute atomic E-state index is 6.13. The van der Waals surface area contributed by atoms with E-state index in [0.717, 1.165) is 30.1 Å². The number of rotatable bonds is 6. The number of para-hydroxylation sites is 2. The van der Waals surface area contributed by atoms with Crippen molar-refractivity contribution in [3.05, 3.63) is 72.6 Å². The first kappa shape index (κ1) is 16.6. The molecule has 0 aliphatic carbocycles. The van der Waals surface area contributed by atoms with Crippen molar-refractivity contribution in [1.29, 1.82) is 0 Å². The lowest BCUT2D eigenvalue weighted by Gasteiger charge is -2.07. The molecule has 0 amide bonds. The second-order valence-corrected chi connectivity index (χ2v) is 7.22. The van der Waals surface area contributed by atoms with Crippen LogP contribution < -0.4 is 9.30 Å². The van der Waals surface area contributed by atoms with Crippen LogP contribution >= 0.6 is 0 Å². The zero-order valence-corrected chi connectivity index (χ0v) is 15.4. The Bertz CT molecular complexity index is 1030. The Balaban J connectivity index is 1.60. The standard InChI is InChI=1S/C23H24N2O/c1-17(2)13-14-25-22-10-6-5-9-21(22)24-23(25)16-26-20-12-11-18-7-3-4-8-19(18)15-20/h3-12,15,17H,13-14,16H2,1-2H3/p+1. The van der Waals surface area contributed by atoms with Gasteiger partial charge < -0.3 is 4.74 Å². The minimum atomic E-state index is 0.533. The number of H-pyrrole nitrogens is 1. The zero-order valence-electron chi connectivity index (χ0n) is 15.4. The van der Waals surface area contributed by atoms with Crippen LogP contribution in [0.4, 0.5) is 0 Å². The largest absolute Gasteiger partial charge is 0.481 e. The SMILES string of the molecule is CC(C)CC[n+]1c(COc2ccc3ccccc3c2)[nH]c2ccccc21. The Kier molecular flexibility index (Phi) is 4.61. The number of hydrogen-bond acceptors (Lipinski definition) is 1. The quantitative estimate of drug-likeness (QED) is 0.476. The predicted octanol–water partition coefficient (Wildman–Crippen LogP) is 5.23. The van der Waals surface area contributed by atoms with Gasteiger partial charge in [0.05, 0.1) is 6.54 Å². The van der Waals surface area contributed by atoms with Crippen molar-refractivity contribution in [2.75, 3.05) is 0 Å². The minimum Gasteiger partial charge on any atom is -0.481 e. The molecule has 0 aliphatic rings. The fraction of sp³-hybridized carbons (Fsp3) is 0.261. The van der Waals surface area contributed by atoms with Crippen LogP contribution in [0, 0.1) is 5.92 Å². The first-order chi connectivity index (χ1) is 12.7. The van der Waals surface area contributed by atoms with E-state index in [-0.39, 0.29) is 0 Å². The molecular formula is C23H25N2O+. The summed E-state index contributed by atoms with van der Waals surface area (Å²) in [6.07, 6.45) is 1.15. The van der Waals surface area contributed by atoms with Crippen LogP contribution in [0.1, 0.15) is 26.1 Å². The lowest BCUT2D eigenvalue weighted by molar-refractivity contribution is -0.681. The molecule has 132 valence electrons. The summed E-state index contributed by atoms with van der Waals surface area (Å²) in [4.78, 5) is 3.53. The number of imidazole rings is 1. The van der Waals surface area contributed by atoms with Gasteiger partial charge in [0.1, 0.15) is 5.75 Å². The van der Waals surface area contributed by atoms with E-state index in [1.807, 2.05) is 6.07 Å². The molecule has 0 bridgehead atoms. The van der Waals surface area contributed by atoms with Crippen LogP contribution in [0.3, 0.4) is 0 Å². The molecule has 0 saturated carbocycles. The topological polar surface area (TPSA) is 28.9 Å². The minimum absolute atomic E-state index is 0.533. The van der Waals surface area contributed by atoms with Gasteiger partial charge in [-0.2, -0.15) is 0 Å². The van der Waals surface area contributed by atoms with Crippen molar-refractivity contribution in [2.45, 2.75) is 33.4 Å². The summed E-state index contributed by atoms with van der Waals surface area (Å²) in [5.74, 6) is 2.68. The lowest BCUT2D eigenvalue weighted by Crippen LogP contribution is -2.38. The fourth-order valence-electron chi connectivity index (χ4n) is 3.35. The Labute approximate surface area is 154 Å². The molecule has 0 fully saturated rings. The lowest BCUT2D eigenvalue weighted by atomic mass is 10.1. The van der Waals surface area contributed by atoms with Gasteiger partial charge in [-0.25, -0.2) is 9.55 Å². The van der Waals surface area contributed by atoms with Crippen molar-refractivity contribution < 1.29 is 9.30 Å². The van der Waals surface area contributed by atoms with E-state index in [1.54, 1.807) is 0 Å². The van der Waals surface area contributed by atoms with Gasteiger partial charge in [-0.1, -0.05) is 56.3 Å². The molecule has 4 aromatic rings. The van der Waals surface area contributed by atoms with Crippen molar-refractivity contribution >= 4 is 21.8 Å². The molecule has 1 heterocycles. The monoisotopic (exact) mass is 345 g/mol. The van der Waals surface area contributed by atoms with Gasteiger partial charge in [-0.15, -0.1) is 0 Å². The normalized spacial score (nSPS) is 11.5. The Morgan fingerprint density at radius 1 is 0.923 bits per heavy atom. The van der Waals surface area contributed by atoms with Crippen LogP contribution in [-0.2, 0) is 13.2 Å². The summed E-state index contributed by atoms with van der Waals surface area (Å²) < 4.78 is 8.48. The van der Waals surface area contributed by atoms with Gasteiger partial charge in [0.2, 0.25) is 0 Å². The molecule has 1 aromatic heterocycles. The van der Waals surface area contributed by atoms with Crippen LogP contribution in [0.2, 0.25) is 0 Å². The highest BCUT2D eigenvalue weighted by molar-refractivity contribution is 5.83. The summed E-state index contributed by atoms with van der Waals surface area (Å²) in [6.45, 7) is 6.06. The maximum Gasteiger partial charge on any atom is 0.293 e. The van der Waals surface area contributed by atoms with E-state index in [0.29, 0.717) is 12.5 Å². The van der Waals surface area contributed by atoms with Crippen molar-refractivity contribution in [3.63, 3.8) is 0 Å². The molecular weight excluding hydrogens is 320 g/mol. The molecule has 3 aromatic carbocycles. The highest BCUT2D eigenvalue weighted by Crippen LogP contribution is 2.21. The van der Waals surface area contributed by atoms with Gasteiger partial charge in [-0.05, 0) is 47.4 Å². The number of hydrogen-bond donors (Lipinski definition) is 1. The zero-order chi connectivity index (χ0) is 17.9. The predicted molar refractivity (Wildman–Crippen MR) is 106 cm³/mol. The summed E-state index contributed by atoms with van der Waals surface area (Å²) in [5.41, 5.74) is 2.40. The van der Waals surface area contributed by atoms with Crippen LogP contribution in [-0.4, -0.2) is 4.98 Å². The smallest absolute Gasteiger partial charge is 0.293 e. The van der Waals surface area contributed by atoms with Crippen LogP contribution in [0.15, 0.2) is 66.7 Å². The number of aromatic amines is 1. The number of fused-ring (bicyclic) bond motifs is 2. The van der Waals surface area contributed by atoms with Gasteiger partial charge in [0.25, 0.3) is 5.82 Å². The summed E-state index contributed by atoms with van der Waals surface area (Å²) >= 11 is 0. The molecule has 0 radical (unpaired) electrons. The molecule has 1 N–H and O–H groups in total. The third kappa shape index (κ3) is 3.43. The summed E-state index contributed by atoms with van der Waals surface area (Å²) in [6, 6.07) is 23.1. The molecule has 0 atom stereocenters. The number of nitrogens with zero attached hydrogens (tertiary/aromatic N) is 1. The number of aryl methyl sites for hydroxylation is 1. The molecule has 0 saturated heterocycles. The molecule has 0 unspecified atom stereocenters. The number of aromatic nitrogens is 2. The second kappa shape index (κ2) is 7.20. The number of nitrogens with one attached hydrogen (secondary N) is 1. The van der Waals surface area contributed by atoms with Crippen LogP contribution in [0.25, 0.3) is 21.8 Å². The van der Waals surface area contributed by atoms with Gasteiger partial charge >= 0.3 is 0 Å². The van der Waals surface area contributed by atoms with Crippen molar-refractivity contribution in [3.8, 4) is 5.75 Å². The Morgan fingerprint density at radius 2 is 1.69 bits per heavy atom. The number of benzene rings is 3. The highest BCUT2D eigenvalue weighted by Gasteiger charge is 2.18. The first-order valence-electron chi connectivity index (χ1n) is 9.32. The maximum atomic E-state index is 6.13. The van der Waals surface area contributed by atoms with Crippen LogP contribution in [0.5, 0.6) is 5.75 Å². The Hall–Kier alpha value is -2.81. The highest BCUT2D eigenvalue weighted by atomic mass is 16.5. The van der Waals surface area contributed by atoms with E-state index in [2.05, 4.69) is 84.1 Å². The molecule has 0 aliphatic heterocycles. The van der Waals surface area contributed by atoms with Gasteiger partial charge in [0, 0.05) is 0 Å². The number of ether oxygens (including phenoxy) is 1. The third-order valence-corrected chi connectivity index (χ3v) is 4.83. The molecule has 0 spiro atoms. The summed E-state index contributed by atoms with van der Waals surface area (Å²) in [5, 5.41) is 2.44. The van der Waals surface area contributed by atoms with E-state index < -0.39 is 0 Å². The van der Waals surface area contributed by atoms with Gasteiger partial charge in [0.15, 0.2) is 17.6 Å². The fourth-order valence-corrected chi connectivity index (χ4v) is 3.35.